The highest BCUT2D eigenvalue weighted by Gasteiger charge is 2.31. The van der Waals surface area contributed by atoms with E-state index in [0.29, 0.717) is 6.42 Å². The Labute approximate surface area is 87.6 Å². The van der Waals surface area contributed by atoms with E-state index >= 15 is 0 Å². The quantitative estimate of drug-likeness (QED) is 0.573. The minimum absolute atomic E-state index is 0.138. The van der Waals surface area contributed by atoms with Crippen LogP contribution in [0.4, 0.5) is 0 Å². The highest BCUT2D eigenvalue weighted by molar-refractivity contribution is 7.87. The van der Waals surface area contributed by atoms with Crippen molar-refractivity contribution in [2.45, 2.75) is 13.3 Å². The van der Waals surface area contributed by atoms with Gasteiger partial charge < -0.3 is 5.73 Å². The van der Waals surface area contributed by atoms with E-state index < -0.39 is 16.1 Å². The Bertz CT molecular complexity index is 426. The third-order valence-corrected chi connectivity index (χ3v) is 3.20. The second kappa shape index (κ2) is 3.89. The summed E-state index contributed by atoms with van der Waals surface area (Å²) < 4.78 is 25.7. The zero-order valence-corrected chi connectivity index (χ0v) is 8.97. The summed E-state index contributed by atoms with van der Waals surface area (Å²) >= 11 is 0. The normalized spacial score (nSPS) is 19.4. The molecule has 1 amide bonds. The fraction of sp³-hybridized carbons (Fsp3) is 0.429. The molecule has 1 aliphatic heterocycles. The molecule has 1 heterocycles. The molecule has 0 radical (unpaired) electrons. The van der Waals surface area contributed by atoms with Gasteiger partial charge in [-0.05, 0) is 6.42 Å². The van der Waals surface area contributed by atoms with Crippen LogP contribution < -0.4 is 10.5 Å². The van der Waals surface area contributed by atoms with E-state index in [0.717, 1.165) is 10.5 Å². The van der Waals surface area contributed by atoms with Crippen molar-refractivity contribution in [3.05, 3.63) is 11.8 Å². The van der Waals surface area contributed by atoms with Gasteiger partial charge in [-0.3, -0.25) is 14.9 Å². The summed E-state index contributed by atoms with van der Waals surface area (Å²) in [6.07, 6.45) is 1.47. The molecule has 8 heteroatoms. The highest BCUT2D eigenvalue weighted by Crippen LogP contribution is 2.12. The maximum Gasteiger partial charge on any atom is 0.324 e. The summed E-state index contributed by atoms with van der Waals surface area (Å²) in [5, 5.41) is 7.53. The minimum atomic E-state index is -3.73. The van der Waals surface area contributed by atoms with Crippen LogP contribution in [-0.4, -0.2) is 31.0 Å². The van der Waals surface area contributed by atoms with Crippen LogP contribution in [0.3, 0.4) is 0 Å². The number of nitrogens with two attached hydrogens (primary N) is 1. The van der Waals surface area contributed by atoms with Gasteiger partial charge in [0.1, 0.15) is 5.84 Å². The average Bonchev–Trinajstić information content (AvgIpc) is 2.11. The smallest absolute Gasteiger partial charge is 0.324 e. The van der Waals surface area contributed by atoms with Gasteiger partial charge in [0.05, 0.1) is 5.57 Å². The summed E-state index contributed by atoms with van der Waals surface area (Å²) in [5.41, 5.74) is 4.85. The van der Waals surface area contributed by atoms with Gasteiger partial charge in [-0.25, -0.2) is 4.31 Å². The predicted molar refractivity (Wildman–Crippen MR) is 54.1 cm³/mol. The summed E-state index contributed by atoms with van der Waals surface area (Å²) in [7, 11) is -3.73. The van der Waals surface area contributed by atoms with E-state index in [9.17, 15) is 13.2 Å². The largest absolute Gasteiger partial charge is 0.365 e. The van der Waals surface area contributed by atoms with Gasteiger partial charge in [0.15, 0.2) is 0 Å². The molecule has 0 spiro atoms. The first-order valence-corrected chi connectivity index (χ1v) is 5.73. The third kappa shape index (κ3) is 2.09. The molecule has 15 heavy (non-hydrogen) atoms. The van der Waals surface area contributed by atoms with Crippen LogP contribution in [0.2, 0.25) is 0 Å². The molecule has 0 aromatic rings. The second-order valence-electron chi connectivity index (χ2n) is 2.97. The molecule has 0 saturated heterocycles. The van der Waals surface area contributed by atoms with Crippen LogP contribution in [0.25, 0.3) is 0 Å². The molecule has 7 nitrogen and oxygen atoms in total. The average molecular weight is 232 g/mol. The molecule has 0 aliphatic carbocycles. The summed E-state index contributed by atoms with van der Waals surface area (Å²) in [4.78, 5) is 10.9. The van der Waals surface area contributed by atoms with E-state index in [1.165, 1.54) is 0 Å². The molecule has 0 atom stereocenters. The number of hydrogen-bond acceptors (Lipinski definition) is 4. The van der Waals surface area contributed by atoms with Crippen LogP contribution in [0.15, 0.2) is 11.8 Å². The van der Waals surface area contributed by atoms with Gasteiger partial charge >= 0.3 is 10.2 Å². The Morgan fingerprint density at radius 3 is 2.73 bits per heavy atom. The van der Waals surface area contributed by atoms with Crippen LogP contribution in [-0.2, 0) is 15.0 Å². The van der Waals surface area contributed by atoms with Crippen LogP contribution in [0.1, 0.15) is 13.3 Å². The van der Waals surface area contributed by atoms with E-state index in [1.54, 1.807) is 6.92 Å². The molecule has 1 rings (SSSR count). The Kier molecular flexibility index (Phi) is 2.98. The first-order chi connectivity index (χ1) is 6.90. The standard InChI is InChI=1S/C7H12N4O3S/c1-2-3-11-6(8)5(7(9)12)4-10-15(11,13)14/h4,8,10H,2-3H2,1H3,(H2,9,12). The van der Waals surface area contributed by atoms with Gasteiger partial charge in [-0.15, -0.1) is 0 Å². The fourth-order valence-corrected chi connectivity index (χ4v) is 2.30. The minimum Gasteiger partial charge on any atom is -0.365 e. The van der Waals surface area contributed by atoms with Gasteiger partial charge in [0.2, 0.25) is 0 Å². The van der Waals surface area contributed by atoms with E-state index in [4.69, 9.17) is 11.1 Å². The van der Waals surface area contributed by atoms with Crippen LogP contribution in [0.5, 0.6) is 0 Å². The summed E-state index contributed by atoms with van der Waals surface area (Å²) in [5.74, 6) is -1.22. The van der Waals surface area contributed by atoms with Gasteiger partial charge in [0.25, 0.3) is 5.91 Å². The number of amides is 1. The Morgan fingerprint density at radius 2 is 2.27 bits per heavy atom. The second-order valence-corrected chi connectivity index (χ2v) is 4.59. The predicted octanol–water partition coefficient (Wildman–Crippen LogP) is -1.11. The molecule has 84 valence electrons. The number of primary amides is 1. The highest BCUT2D eigenvalue weighted by atomic mass is 32.2. The molecule has 0 aromatic heterocycles. The lowest BCUT2D eigenvalue weighted by molar-refractivity contribution is -0.114. The first kappa shape index (κ1) is 11.5. The topological polar surface area (TPSA) is 116 Å². The fourth-order valence-electron chi connectivity index (χ4n) is 1.14. The first-order valence-electron chi connectivity index (χ1n) is 4.29. The Morgan fingerprint density at radius 1 is 1.67 bits per heavy atom. The zero-order valence-electron chi connectivity index (χ0n) is 8.15. The summed E-state index contributed by atoms with van der Waals surface area (Å²) in [6.45, 7) is 1.91. The van der Waals surface area contributed by atoms with Crippen LogP contribution in [0, 0.1) is 5.41 Å². The number of rotatable bonds is 3. The maximum absolute atomic E-state index is 11.4. The number of nitrogens with one attached hydrogen (secondary N) is 2. The lowest BCUT2D eigenvalue weighted by Crippen LogP contribution is -2.49. The number of carbonyl (C=O) groups excluding carboxylic acids is 1. The SMILES string of the molecule is CCCN1C(=N)C(C(N)=O)=CNS1(=O)=O. The lowest BCUT2D eigenvalue weighted by Gasteiger charge is -2.27. The Hall–Kier alpha value is -1.57. The van der Waals surface area contributed by atoms with E-state index in [2.05, 4.69) is 0 Å². The molecule has 0 fully saturated rings. The Balaban J connectivity index is 3.12. The molecule has 0 unspecified atom stereocenters. The molecule has 0 bridgehead atoms. The van der Waals surface area contributed by atoms with Crippen molar-refractivity contribution in [1.29, 1.82) is 5.41 Å². The van der Waals surface area contributed by atoms with Gasteiger partial charge in [-0.1, -0.05) is 6.92 Å². The zero-order chi connectivity index (χ0) is 11.6. The van der Waals surface area contributed by atoms with Crippen molar-refractivity contribution < 1.29 is 13.2 Å². The number of hydrogen-bond donors (Lipinski definition) is 3. The van der Waals surface area contributed by atoms with Crippen LogP contribution >= 0.6 is 0 Å². The van der Waals surface area contributed by atoms with Crippen molar-refractivity contribution in [2.75, 3.05) is 6.54 Å². The van der Waals surface area contributed by atoms with Gasteiger partial charge in [-0.2, -0.15) is 8.42 Å². The number of nitrogens with zero attached hydrogens (tertiary/aromatic N) is 1. The molecular weight excluding hydrogens is 220 g/mol. The monoisotopic (exact) mass is 232 g/mol. The van der Waals surface area contributed by atoms with Crippen molar-refractivity contribution in [1.82, 2.24) is 9.03 Å². The molecule has 0 saturated carbocycles. The molecule has 0 aromatic carbocycles. The molecule has 4 N–H and O–H groups in total. The molecule has 1 aliphatic rings. The van der Waals surface area contributed by atoms with Crippen molar-refractivity contribution in [3.63, 3.8) is 0 Å². The van der Waals surface area contributed by atoms with Crippen molar-refractivity contribution in [3.8, 4) is 0 Å². The third-order valence-electron chi connectivity index (χ3n) is 1.84. The van der Waals surface area contributed by atoms with Gasteiger partial charge in [0, 0.05) is 12.7 Å². The van der Waals surface area contributed by atoms with Crippen molar-refractivity contribution >= 4 is 22.0 Å². The van der Waals surface area contributed by atoms with E-state index in [-0.39, 0.29) is 18.0 Å². The number of amidine groups is 1. The lowest BCUT2D eigenvalue weighted by atomic mass is 10.2. The molecular formula is C7H12N4O3S. The van der Waals surface area contributed by atoms with E-state index in [1.807, 2.05) is 4.72 Å². The number of carbonyl (C=O) groups is 1. The van der Waals surface area contributed by atoms with Crippen molar-refractivity contribution in [2.24, 2.45) is 5.73 Å². The summed E-state index contributed by atoms with van der Waals surface area (Å²) in [6, 6.07) is 0. The maximum atomic E-state index is 11.4.